The first-order valence-corrected chi connectivity index (χ1v) is 6.98. The molecule has 1 rings (SSSR count). The third-order valence-electron chi connectivity index (χ3n) is 3.39. The van der Waals surface area contributed by atoms with Gasteiger partial charge in [0.25, 0.3) is 0 Å². The molecule has 0 unspecified atom stereocenters. The molecule has 1 fully saturated rings. The van der Waals surface area contributed by atoms with Gasteiger partial charge in [0, 0.05) is 25.6 Å². The molecular weight excluding hydrogens is 278 g/mol. The SMILES string of the molecule is COC(=O)CC[C@@H](NC(=O)NCCN(C)C1CC1)C(=O)O. The Morgan fingerprint density at radius 1 is 1.38 bits per heavy atom. The molecule has 0 saturated heterocycles. The minimum Gasteiger partial charge on any atom is -0.480 e. The van der Waals surface area contributed by atoms with Crippen LogP contribution in [0.1, 0.15) is 25.7 Å². The summed E-state index contributed by atoms with van der Waals surface area (Å²) in [5.41, 5.74) is 0. The van der Waals surface area contributed by atoms with Crippen molar-refractivity contribution in [3.05, 3.63) is 0 Å². The Labute approximate surface area is 123 Å². The van der Waals surface area contributed by atoms with Crippen LogP contribution in [0.25, 0.3) is 0 Å². The lowest BCUT2D eigenvalue weighted by molar-refractivity contribution is -0.142. The quantitative estimate of drug-likeness (QED) is 0.508. The Kier molecular flexibility index (Phi) is 6.93. The third kappa shape index (κ3) is 6.94. The fourth-order valence-corrected chi connectivity index (χ4v) is 1.87. The highest BCUT2D eigenvalue weighted by molar-refractivity contribution is 5.83. The van der Waals surface area contributed by atoms with Crippen LogP contribution >= 0.6 is 0 Å². The first kappa shape index (κ1) is 17.2. The summed E-state index contributed by atoms with van der Waals surface area (Å²) in [6, 6.07) is -1.04. The van der Waals surface area contributed by atoms with Crippen molar-refractivity contribution in [1.29, 1.82) is 0 Å². The van der Waals surface area contributed by atoms with E-state index in [1.54, 1.807) is 0 Å². The lowest BCUT2D eigenvalue weighted by Crippen LogP contribution is -2.47. The van der Waals surface area contributed by atoms with E-state index in [1.165, 1.54) is 20.0 Å². The van der Waals surface area contributed by atoms with Crippen LogP contribution in [-0.2, 0) is 14.3 Å². The number of carbonyl (C=O) groups excluding carboxylic acids is 2. The summed E-state index contributed by atoms with van der Waals surface area (Å²) >= 11 is 0. The number of rotatable bonds is 9. The molecule has 120 valence electrons. The first-order valence-electron chi connectivity index (χ1n) is 6.98. The minimum absolute atomic E-state index is 0.00258. The maximum absolute atomic E-state index is 11.6. The predicted molar refractivity (Wildman–Crippen MR) is 74.9 cm³/mol. The number of carboxylic acids is 1. The molecule has 0 aliphatic heterocycles. The summed E-state index contributed by atoms with van der Waals surface area (Å²) in [7, 11) is 3.22. The Balaban J connectivity index is 2.24. The van der Waals surface area contributed by atoms with Crippen LogP contribution < -0.4 is 10.6 Å². The number of hydrogen-bond donors (Lipinski definition) is 3. The van der Waals surface area contributed by atoms with E-state index in [-0.39, 0.29) is 12.8 Å². The number of carbonyl (C=O) groups is 3. The standard InChI is InChI=1S/C13H23N3O5/c1-16(9-3-4-9)8-7-14-13(20)15-10(12(18)19)5-6-11(17)21-2/h9-10H,3-8H2,1-2H3,(H,18,19)(H2,14,15,20)/t10-/m1/s1. The number of amides is 2. The fourth-order valence-electron chi connectivity index (χ4n) is 1.87. The first-order chi connectivity index (χ1) is 9.93. The number of ether oxygens (including phenoxy) is 1. The van der Waals surface area contributed by atoms with E-state index in [4.69, 9.17) is 5.11 Å². The van der Waals surface area contributed by atoms with Crippen molar-refractivity contribution in [3.63, 3.8) is 0 Å². The molecule has 0 spiro atoms. The molecule has 2 amide bonds. The maximum Gasteiger partial charge on any atom is 0.326 e. The number of esters is 1. The average molecular weight is 301 g/mol. The fraction of sp³-hybridized carbons (Fsp3) is 0.769. The molecular formula is C13H23N3O5. The molecule has 0 heterocycles. The van der Waals surface area contributed by atoms with Gasteiger partial charge in [-0.25, -0.2) is 9.59 Å². The minimum atomic E-state index is -1.18. The summed E-state index contributed by atoms with van der Waals surface area (Å²) in [6.45, 7) is 1.17. The molecule has 1 saturated carbocycles. The monoisotopic (exact) mass is 301 g/mol. The van der Waals surface area contributed by atoms with Crippen molar-refractivity contribution in [3.8, 4) is 0 Å². The number of aliphatic carboxylic acids is 1. The average Bonchev–Trinajstić information content (AvgIpc) is 3.26. The van der Waals surface area contributed by atoms with Gasteiger partial charge in [-0.3, -0.25) is 4.79 Å². The van der Waals surface area contributed by atoms with Gasteiger partial charge in [0.1, 0.15) is 6.04 Å². The Morgan fingerprint density at radius 2 is 2.05 bits per heavy atom. The van der Waals surface area contributed by atoms with Gasteiger partial charge in [-0.15, -0.1) is 0 Å². The Hall–Kier alpha value is -1.83. The van der Waals surface area contributed by atoms with Crippen LogP contribution in [0.15, 0.2) is 0 Å². The largest absolute Gasteiger partial charge is 0.480 e. The van der Waals surface area contributed by atoms with E-state index in [0.717, 1.165) is 6.54 Å². The smallest absolute Gasteiger partial charge is 0.326 e. The molecule has 0 aromatic rings. The predicted octanol–water partition coefficient (Wildman–Crippen LogP) is -0.214. The van der Waals surface area contributed by atoms with Crippen LogP contribution in [-0.4, -0.2) is 67.3 Å². The molecule has 0 radical (unpaired) electrons. The highest BCUT2D eigenvalue weighted by Gasteiger charge is 2.25. The van der Waals surface area contributed by atoms with E-state index >= 15 is 0 Å². The topological polar surface area (TPSA) is 108 Å². The highest BCUT2D eigenvalue weighted by atomic mass is 16.5. The summed E-state index contributed by atoms with van der Waals surface area (Å²) < 4.78 is 4.44. The molecule has 8 nitrogen and oxygen atoms in total. The summed E-state index contributed by atoms with van der Waals surface area (Å²) in [4.78, 5) is 35.8. The number of nitrogens with zero attached hydrogens (tertiary/aromatic N) is 1. The molecule has 0 bridgehead atoms. The van der Waals surface area contributed by atoms with Gasteiger partial charge >= 0.3 is 18.0 Å². The molecule has 1 aliphatic rings. The molecule has 0 aromatic carbocycles. The second kappa shape index (κ2) is 8.46. The zero-order valence-electron chi connectivity index (χ0n) is 12.4. The number of nitrogens with one attached hydrogen (secondary N) is 2. The second-order valence-electron chi connectivity index (χ2n) is 5.12. The Bertz CT molecular complexity index is 384. The molecule has 3 N–H and O–H groups in total. The Morgan fingerprint density at radius 3 is 2.57 bits per heavy atom. The van der Waals surface area contributed by atoms with Gasteiger partial charge in [-0.1, -0.05) is 0 Å². The zero-order chi connectivity index (χ0) is 15.8. The number of likely N-dealkylation sites (N-methyl/N-ethyl adjacent to an activating group) is 1. The van der Waals surface area contributed by atoms with Gasteiger partial charge in [-0.05, 0) is 26.3 Å². The van der Waals surface area contributed by atoms with Crippen LogP contribution in [0.5, 0.6) is 0 Å². The number of carboxylic acid groups (broad SMARTS) is 1. The second-order valence-corrected chi connectivity index (χ2v) is 5.12. The van der Waals surface area contributed by atoms with Crippen LogP contribution in [0, 0.1) is 0 Å². The summed E-state index contributed by atoms with van der Waals surface area (Å²) in [5.74, 6) is -1.68. The lowest BCUT2D eigenvalue weighted by Gasteiger charge is -2.17. The van der Waals surface area contributed by atoms with Crippen molar-refractivity contribution in [2.45, 2.75) is 37.8 Å². The molecule has 1 aliphatic carbocycles. The van der Waals surface area contributed by atoms with Gasteiger partial charge < -0.3 is 25.4 Å². The zero-order valence-corrected chi connectivity index (χ0v) is 12.4. The third-order valence-corrected chi connectivity index (χ3v) is 3.39. The van der Waals surface area contributed by atoms with E-state index in [1.807, 2.05) is 7.05 Å². The van der Waals surface area contributed by atoms with Crippen molar-refractivity contribution >= 4 is 18.0 Å². The lowest BCUT2D eigenvalue weighted by atomic mass is 10.1. The number of methoxy groups -OCH3 is 1. The summed E-state index contributed by atoms with van der Waals surface area (Å²) in [6.07, 6.45) is 2.32. The van der Waals surface area contributed by atoms with Crippen molar-refractivity contribution in [2.24, 2.45) is 0 Å². The van der Waals surface area contributed by atoms with Gasteiger partial charge in [0.2, 0.25) is 0 Å². The van der Waals surface area contributed by atoms with E-state index in [9.17, 15) is 14.4 Å². The van der Waals surface area contributed by atoms with Crippen LogP contribution in [0.4, 0.5) is 4.79 Å². The van der Waals surface area contributed by atoms with Crippen LogP contribution in [0.3, 0.4) is 0 Å². The van der Waals surface area contributed by atoms with Crippen LogP contribution in [0.2, 0.25) is 0 Å². The van der Waals surface area contributed by atoms with E-state index in [2.05, 4.69) is 20.3 Å². The highest BCUT2D eigenvalue weighted by Crippen LogP contribution is 2.24. The van der Waals surface area contributed by atoms with Crippen molar-refractivity contribution in [1.82, 2.24) is 15.5 Å². The van der Waals surface area contributed by atoms with Crippen molar-refractivity contribution in [2.75, 3.05) is 27.2 Å². The number of urea groups is 1. The number of hydrogen-bond acceptors (Lipinski definition) is 5. The van der Waals surface area contributed by atoms with Gasteiger partial charge in [0.15, 0.2) is 0 Å². The van der Waals surface area contributed by atoms with E-state index in [0.29, 0.717) is 12.6 Å². The van der Waals surface area contributed by atoms with E-state index < -0.39 is 24.0 Å². The van der Waals surface area contributed by atoms with Gasteiger partial charge in [0.05, 0.1) is 7.11 Å². The summed E-state index contributed by atoms with van der Waals surface area (Å²) in [5, 5.41) is 14.0. The molecule has 21 heavy (non-hydrogen) atoms. The normalized spacial score (nSPS) is 15.4. The molecule has 1 atom stereocenters. The molecule has 8 heteroatoms. The van der Waals surface area contributed by atoms with Gasteiger partial charge in [-0.2, -0.15) is 0 Å². The molecule has 0 aromatic heterocycles. The van der Waals surface area contributed by atoms with Crippen molar-refractivity contribution < 1.29 is 24.2 Å². The maximum atomic E-state index is 11.6.